The lowest BCUT2D eigenvalue weighted by molar-refractivity contribution is -0.125. The molecule has 2 heterocycles. The fourth-order valence-corrected chi connectivity index (χ4v) is 3.17. The smallest absolute Gasteiger partial charge is 0.246 e. The Morgan fingerprint density at radius 1 is 1.52 bits per heavy atom. The van der Waals surface area contributed by atoms with E-state index in [2.05, 4.69) is 18.1 Å². The van der Waals surface area contributed by atoms with Gasteiger partial charge in [-0.25, -0.2) is 0 Å². The van der Waals surface area contributed by atoms with Crippen LogP contribution in [0.1, 0.15) is 21.7 Å². The molecule has 6 heteroatoms. The number of hydrogen-bond acceptors (Lipinski definition) is 3. The molecule has 0 radical (unpaired) electrons. The molecule has 0 aromatic carbocycles. The molecule has 1 amide bonds. The van der Waals surface area contributed by atoms with Crippen LogP contribution in [0.4, 0.5) is 0 Å². The van der Waals surface area contributed by atoms with Gasteiger partial charge in [-0.3, -0.25) is 9.48 Å². The maximum Gasteiger partial charge on any atom is 0.246 e. The second-order valence-electron chi connectivity index (χ2n) is 4.97. The summed E-state index contributed by atoms with van der Waals surface area (Å²) in [5.41, 5.74) is 2.81. The maximum absolute atomic E-state index is 12.2. The van der Waals surface area contributed by atoms with Crippen molar-refractivity contribution < 1.29 is 4.79 Å². The van der Waals surface area contributed by atoms with E-state index in [0.717, 1.165) is 11.3 Å². The summed E-state index contributed by atoms with van der Waals surface area (Å²) < 4.78 is 1.60. The number of carbonyl (C=O) groups excluding carboxylic acids is 1. The Kier molecular flexibility index (Phi) is 4.85. The number of amides is 1. The van der Waals surface area contributed by atoms with E-state index >= 15 is 0 Å². The van der Waals surface area contributed by atoms with E-state index in [-0.39, 0.29) is 5.91 Å². The summed E-state index contributed by atoms with van der Waals surface area (Å²) >= 11 is 7.80. The van der Waals surface area contributed by atoms with Crippen LogP contribution < -0.4 is 0 Å². The number of carbonyl (C=O) groups is 1. The molecule has 2 rings (SSSR count). The summed E-state index contributed by atoms with van der Waals surface area (Å²) in [6.45, 7) is 4.54. The van der Waals surface area contributed by atoms with Crippen molar-refractivity contribution in [1.29, 1.82) is 0 Å². The fourth-order valence-electron chi connectivity index (χ4n) is 1.98. The number of nitrogens with zero attached hydrogens (tertiary/aromatic N) is 3. The van der Waals surface area contributed by atoms with Crippen molar-refractivity contribution in [3.63, 3.8) is 0 Å². The minimum Gasteiger partial charge on any atom is -0.337 e. The molecule has 0 aliphatic carbocycles. The zero-order chi connectivity index (χ0) is 15.6. The first-order valence-electron chi connectivity index (χ1n) is 6.55. The second-order valence-corrected chi connectivity index (χ2v) is 6.33. The molecule has 2 aromatic rings. The molecule has 2 aromatic heterocycles. The molecule has 0 saturated carbocycles. The average Bonchev–Trinajstić information content (AvgIpc) is 2.93. The van der Waals surface area contributed by atoms with Gasteiger partial charge in [0.15, 0.2) is 0 Å². The first-order valence-corrected chi connectivity index (χ1v) is 7.81. The summed E-state index contributed by atoms with van der Waals surface area (Å²) in [5.74, 6) is -0.0536. The third-order valence-corrected chi connectivity index (χ3v) is 4.77. The van der Waals surface area contributed by atoms with Crippen LogP contribution in [0.15, 0.2) is 17.5 Å². The monoisotopic (exact) mass is 323 g/mol. The standard InChI is InChI=1S/C15H18ClN3OS/c1-10-7-8-21-13(10)9-18(3)14(20)6-5-12-11(2)17-19(4)15(12)16/h5-8H,9H2,1-4H3/b6-5+. The topological polar surface area (TPSA) is 38.1 Å². The zero-order valence-corrected chi connectivity index (χ0v) is 14.1. The summed E-state index contributed by atoms with van der Waals surface area (Å²) in [4.78, 5) is 15.0. The van der Waals surface area contributed by atoms with Crippen molar-refractivity contribution in [2.45, 2.75) is 20.4 Å². The third kappa shape index (κ3) is 3.54. The summed E-state index contributed by atoms with van der Waals surface area (Å²) in [6, 6.07) is 2.06. The molecular weight excluding hydrogens is 306 g/mol. The number of halogens is 1. The highest BCUT2D eigenvalue weighted by molar-refractivity contribution is 7.10. The number of hydrogen-bond donors (Lipinski definition) is 0. The van der Waals surface area contributed by atoms with Gasteiger partial charge in [-0.05, 0) is 36.9 Å². The van der Waals surface area contributed by atoms with Gasteiger partial charge in [-0.2, -0.15) is 5.10 Å². The first kappa shape index (κ1) is 15.8. The van der Waals surface area contributed by atoms with Gasteiger partial charge in [-0.15, -0.1) is 11.3 Å². The fraction of sp³-hybridized carbons (Fsp3) is 0.333. The molecule has 0 fully saturated rings. The van der Waals surface area contributed by atoms with Crippen molar-refractivity contribution in [3.05, 3.63) is 44.4 Å². The third-order valence-electron chi connectivity index (χ3n) is 3.31. The zero-order valence-electron chi connectivity index (χ0n) is 12.6. The second kappa shape index (κ2) is 6.45. The van der Waals surface area contributed by atoms with E-state index in [1.807, 2.05) is 12.3 Å². The summed E-state index contributed by atoms with van der Waals surface area (Å²) in [6.07, 6.45) is 3.27. The van der Waals surface area contributed by atoms with E-state index in [1.54, 1.807) is 47.2 Å². The Hall–Kier alpha value is -1.59. The molecule has 0 aliphatic rings. The lowest BCUT2D eigenvalue weighted by atomic mass is 10.2. The maximum atomic E-state index is 12.2. The van der Waals surface area contributed by atoms with Crippen molar-refractivity contribution in [2.24, 2.45) is 7.05 Å². The molecule has 112 valence electrons. The highest BCUT2D eigenvalue weighted by Gasteiger charge is 2.11. The summed E-state index contributed by atoms with van der Waals surface area (Å²) in [7, 11) is 3.57. The number of likely N-dealkylation sites (N-methyl/N-ethyl adjacent to an activating group) is 1. The molecule has 0 N–H and O–H groups in total. The normalized spacial score (nSPS) is 11.3. The highest BCUT2D eigenvalue weighted by Crippen LogP contribution is 2.20. The molecule has 0 spiro atoms. The van der Waals surface area contributed by atoms with E-state index in [9.17, 15) is 4.79 Å². The van der Waals surface area contributed by atoms with Gasteiger partial charge < -0.3 is 4.90 Å². The van der Waals surface area contributed by atoms with Crippen LogP contribution in [-0.4, -0.2) is 27.6 Å². The van der Waals surface area contributed by atoms with Crippen LogP contribution in [0.25, 0.3) is 6.08 Å². The Morgan fingerprint density at radius 3 is 2.76 bits per heavy atom. The van der Waals surface area contributed by atoms with Crippen LogP contribution in [0, 0.1) is 13.8 Å². The lowest BCUT2D eigenvalue weighted by Gasteiger charge is -2.14. The van der Waals surface area contributed by atoms with E-state index in [0.29, 0.717) is 11.7 Å². The highest BCUT2D eigenvalue weighted by atomic mass is 35.5. The largest absolute Gasteiger partial charge is 0.337 e. The van der Waals surface area contributed by atoms with Crippen molar-refractivity contribution in [3.8, 4) is 0 Å². The predicted octanol–water partition coefficient (Wildman–Crippen LogP) is 3.42. The predicted molar refractivity (Wildman–Crippen MR) is 87.5 cm³/mol. The molecular formula is C15H18ClN3OS. The molecule has 0 aliphatic heterocycles. The average molecular weight is 324 g/mol. The lowest BCUT2D eigenvalue weighted by Crippen LogP contribution is -2.23. The minimum atomic E-state index is -0.0536. The van der Waals surface area contributed by atoms with Crippen molar-refractivity contribution >= 4 is 34.9 Å². The van der Waals surface area contributed by atoms with Crippen molar-refractivity contribution in [1.82, 2.24) is 14.7 Å². The van der Waals surface area contributed by atoms with E-state index in [4.69, 9.17) is 11.6 Å². The van der Waals surface area contributed by atoms with E-state index < -0.39 is 0 Å². The first-order chi connectivity index (χ1) is 9.90. The van der Waals surface area contributed by atoms with Crippen LogP contribution in [0.2, 0.25) is 5.15 Å². The Morgan fingerprint density at radius 2 is 2.24 bits per heavy atom. The van der Waals surface area contributed by atoms with Gasteiger partial charge in [0.05, 0.1) is 12.2 Å². The quantitative estimate of drug-likeness (QED) is 0.809. The van der Waals surface area contributed by atoms with Gasteiger partial charge in [0.1, 0.15) is 5.15 Å². The Bertz CT molecular complexity index is 687. The van der Waals surface area contributed by atoms with Gasteiger partial charge in [0.25, 0.3) is 0 Å². The van der Waals surface area contributed by atoms with Crippen LogP contribution in [0.5, 0.6) is 0 Å². The molecule has 0 unspecified atom stereocenters. The van der Waals surface area contributed by atoms with Crippen LogP contribution >= 0.6 is 22.9 Å². The number of aromatic nitrogens is 2. The molecule has 21 heavy (non-hydrogen) atoms. The van der Waals surface area contributed by atoms with Gasteiger partial charge in [-0.1, -0.05) is 11.6 Å². The Balaban J connectivity index is 2.07. The SMILES string of the molecule is Cc1ccsc1CN(C)C(=O)/C=C/c1c(C)nn(C)c1Cl. The van der Waals surface area contributed by atoms with Gasteiger partial charge in [0.2, 0.25) is 5.91 Å². The number of rotatable bonds is 4. The molecule has 0 atom stereocenters. The molecule has 0 saturated heterocycles. The van der Waals surface area contributed by atoms with Crippen molar-refractivity contribution in [2.75, 3.05) is 7.05 Å². The Labute approximate surface area is 133 Å². The van der Waals surface area contributed by atoms with Crippen LogP contribution in [-0.2, 0) is 18.4 Å². The van der Waals surface area contributed by atoms with Gasteiger partial charge in [0, 0.05) is 30.6 Å². The van der Waals surface area contributed by atoms with Crippen LogP contribution in [0.3, 0.4) is 0 Å². The van der Waals surface area contributed by atoms with E-state index in [1.165, 1.54) is 10.4 Å². The summed E-state index contributed by atoms with van der Waals surface area (Å²) in [5, 5.41) is 6.79. The minimum absolute atomic E-state index is 0.0536. The number of thiophene rings is 1. The van der Waals surface area contributed by atoms with Gasteiger partial charge >= 0.3 is 0 Å². The number of aryl methyl sites for hydroxylation is 3. The molecule has 0 bridgehead atoms. The molecule has 4 nitrogen and oxygen atoms in total.